The minimum absolute atomic E-state index is 0.177. The average molecular weight is 238 g/mol. The molecule has 1 aliphatic rings. The first-order valence-corrected chi connectivity index (χ1v) is 5.41. The molecule has 0 radical (unpaired) electrons. The molecule has 0 aliphatic carbocycles. The number of hydrogen-bond acceptors (Lipinski definition) is 2. The Morgan fingerprint density at radius 3 is 2.62 bits per heavy atom. The lowest BCUT2D eigenvalue weighted by molar-refractivity contribution is -0.164. The van der Waals surface area contributed by atoms with Crippen molar-refractivity contribution >= 4 is 5.91 Å². The van der Waals surface area contributed by atoms with Gasteiger partial charge in [-0.2, -0.15) is 13.2 Å². The molecule has 1 rings (SSSR count). The van der Waals surface area contributed by atoms with E-state index in [1.54, 1.807) is 0 Å². The molecule has 1 saturated heterocycles. The first-order valence-electron chi connectivity index (χ1n) is 5.41. The average Bonchev–Trinajstić information content (AvgIpc) is 2.14. The summed E-state index contributed by atoms with van der Waals surface area (Å²) in [4.78, 5) is 12.8. The zero-order valence-corrected chi connectivity index (χ0v) is 9.26. The Bertz CT molecular complexity index is 255. The standard InChI is InChI=1S/C10H17F3N2O/c1-7-3-2-4-15(8(7)6-14)9(16)5-10(11,12)13/h7-8H,2-6,14H2,1H3/t7-,8-/m1/s1. The lowest BCUT2D eigenvalue weighted by Crippen LogP contribution is -2.52. The largest absolute Gasteiger partial charge is 0.397 e. The molecule has 6 heteroatoms. The molecule has 2 N–H and O–H groups in total. The van der Waals surface area contributed by atoms with Gasteiger partial charge in [0.1, 0.15) is 6.42 Å². The van der Waals surface area contributed by atoms with Crippen LogP contribution in [0.1, 0.15) is 26.2 Å². The zero-order chi connectivity index (χ0) is 12.3. The van der Waals surface area contributed by atoms with Crippen LogP contribution in [0, 0.1) is 5.92 Å². The van der Waals surface area contributed by atoms with E-state index in [2.05, 4.69) is 0 Å². The SMILES string of the molecule is C[C@@H]1CCCN(C(=O)CC(F)(F)F)[C@@H]1CN. The molecule has 94 valence electrons. The van der Waals surface area contributed by atoms with Crippen LogP contribution in [0.3, 0.4) is 0 Å². The monoisotopic (exact) mass is 238 g/mol. The number of halogens is 3. The van der Waals surface area contributed by atoms with Crippen molar-refractivity contribution in [2.75, 3.05) is 13.1 Å². The highest BCUT2D eigenvalue weighted by Crippen LogP contribution is 2.26. The van der Waals surface area contributed by atoms with Gasteiger partial charge in [-0.25, -0.2) is 0 Å². The molecule has 1 aliphatic heterocycles. The molecule has 1 amide bonds. The van der Waals surface area contributed by atoms with Gasteiger partial charge in [0.05, 0.1) is 0 Å². The molecule has 0 aromatic heterocycles. The first kappa shape index (κ1) is 13.3. The fourth-order valence-electron chi connectivity index (χ4n) is 2.19. The highest BCUT2D eigenvalue weighted by Gasteiger charge is 2.37. The van der Waals surface area contributed by atoms with Crippen LogP contribution < -0.4 is 5.73 Å². The third-order valence-electron chi connectivity index (χ3n) is 3.03. The topological polar surface area (TPSA) is 46.3 Å². The summed E-state index contributed by atoms with van der Waals surface area (Å²) in [6, 6.07) is -0.247. The van der Waals surface area contributed by atoms with Gasteiger partial charge in [0.25, 0.3) is 0 Å². The van der Waals surface area contributed by atoms with Crippen molar-refractivity contribution in [1.29, 1.82) is 0 Å². The summed E-state index contributed by atoms with van der Waals surface area (Å²) in [7, 11) is 0. The Hall–Kier alpha value is -0.780. The molecule has 3 nitrogen and oxygen atoms in total. The second-order valence-electron chi connectivity index (χ2n) is 4.30. The Morgan fingerprint density at radius 1 is 1.50 bits per heavy atom. The minimum atomic E-state index is -4.43. The predicted molar refractivity (Wildman–Crippen MR) is 53.6 cm³/mol. The van der Waals surface area contributed by atoms with E-state index in [0.29, 0.717) is 6.54 Å². The van der Waals surface area contributed by atoms with Gasteiger partial charge in [0, 0.05) is 19.1 Å². The lowest BCUT2D eigenvalue weighted by atomic mass is 9.90. The molecule has 0 unspecified atom stereocenters. The van der Waals surface area contributed by atoms with Crippen molar-refractivity contribution in [2.24, 2.45) is 11.7 Å². The van der Waals surface area contributed by atoms with Crippen molar-refractivity contribution in [3.05, 3.63) is 0 Å². The molecule has 0 aromatic carbocycles. The molecule has 0 saturated carbocycles. The predicted octanol–water partition coefficient (Wildman–Crippen LogP) is 1.52. The van der Waals surface area contributed by atoms with Crippen LogP contribution in [0.15, 0.2) is 0 Å². The third kappa shape index (κ3) is 3.37. The van der Waals surface area contributed by atoms with Gasteiger partial charge in [0.15, 0.2) is 0 Å². The maximum absolute atomic E-state index is 12.1. The van der Waals surface area contributed by atoms with Crippen LogP contribution >= 0.6 is 0 Å². The summed E-state index contributed by atoms with van der Waals surface area (Å²) in [6.07, 6.45) is -4.15. The smallest absolute Gasteiger partial charge is 0.338 e. The minimum Gasteiger partial charge on any atom is -0.338 e. The molecular formula is C10H17F3N2O. The van der Waals surface area contributed by atoms with Gasteiger partial charge in [0.2, 0.25) is 5.91 Å². The molecule has 1 fully saturated rings. The van der Waals surface area contributed by atoms with Crippen LogP contribution in [0.5, 0.6) is 0 Å². The highest BCUT2D eigenvalue weighted by molar-refractivity contribution is 5.77. The highest BCUT2D eigenvalue weighted by atomic mass is 19.4. The fraction of sp³-hybridized carbons (Fsp3) is 0.900. The van der Waals surface area contributed by atoms with Crippen molar-refractivity contribution in [2.45, 2.75) is 38.4 Å². The van der Waals surface area contributed by atoms with Crippen molar-refractivity contribution in [3.63, 3.8) is 0 Å². The number of carbonyl (C=O) groups is 1. The Kier molecular flexibility index (Phi) is 4.18. The summed E-state index contributed by atoms with van der Waals surface area (Å²) >= 11 is 0. The van der Waals surface area contributed by atoms with Gasteiger partial charge in [-0.1, -0.05) is 6.92 Å². The van der Waals surface area contributed by atoms with Crippen LogP contribution in [0.25, 0.3) is 0 Å². The number of alkyl halides is 3. The Morgan fingerprint density at radius 2 is 2.12 bits per heavy atom. The zero-order valence-electron chi connectivity index (χ0n) is 9.26. The molecule has 16 heavy (non-hydrogen) atoms. The van der Waals surface area contributed by atoms with E-state index >= 15 is 0 Å². The number of rotatable bonds is 2. The number of carbonyl (C=O) groups excluding carboxylic acids is 1. The van der Waals surface area contributed by atoms with E-state index in [0.717, 1.165) is 12.8 Å². The number of piperidine rings is 1. The van der Waals surface area contributed by atoms with E-state index in [-0.39, 0.29) is 18.5 Å². The van der Waals surface area contributed by atoms with E-state index in [4.69, 9.17) is 5.73 Å². The van der Waals surface area contributed by atoms with Gasteiger partial charge in [-0.05, 0) is 18.8 Å². The maximum Gasteiger partial charge on any atom is 0.397 e. The number of likely N-dealkylation sites (tertiary alicyclic amines) is 1. The fourth-order valence-corrected chi connectivity index (χ4v) is 2.19. The van der Waals surface area contributed by atoms with E-state index in [9.17, 15) is 18.0 Å². The molecule has 2 atom stereocenters. The molecule has 0 bridgehead atoms. The molecule has 0 aromatic rings. The summed E-state index contributed by atoms with van der Waals surface area (Å²) in [5, 5.41) is 0. The normalized spacial score (nSPS) is 26.9. The van der Waals surface area contributed by atoms with E-state index in [1.165, 1.54) is 4.90 Å². The van der Waals surface area contributed by atoms with Crippen LogP contribution in [0.2, 0.25) is 0 Å². The molecule has 0 spiro atoms. The van der Waals surface area contributed by atoms with Crippen LogP contribution in [0.4, 0.5) is 13.2 Å². The summed E-state index contributed by atoms with van der Waals surface area (Å²) in [6.45, 7) is 2.54. The van der Waals surface area contributed by atoms with Gasteiger partial charge in [-0.3, -0.25) is 4.79 Å². The Balaban J connectivity index is 2.66. The van der Waals surface area contributed by atoms with Gasteiger partial charge >= 0.3 is 6.18 Å². The number of hydrogen-bond donors (Lipinski definition) is 1. The summed E-state index contributed by atoms with van der Waals surface area (Å²) in [5.74, 6) is -0.676. The second-order valence-corrected chi connectivity index (χ2v) is 4.30. The number of amides is 1. The van der Waals surface area contributed by atoms with Crippen molar-refractivity contribution < 1.29 is 18.0 Å². The maximum atomic E-state index is 12.1. The molecule has 1 heterocycles. The second kappa shape index (κ2) is 5.03. The van der Waals surface area contributed by atoms with Crippen molar-refractivity contribution in [3.8, 4) is 0 Å². The van der Waals surface area contributed by atoms with E-state index in [1.807, 2.05) is 6.92 Å². The van der Waals surface area contributed by atoms with Gasteiger partial charge < -0.3 is 10.6 Å². The number of nitrogens with two attached hydrogens (primary N) is 1. The third-order valence-corrected chi connectivity index (χ3v) is 3.03. The molecular weight excluding hydrogens is 221 g/mol. The summed E-state index contributed by atoms with van der Waals surface area (Å²) < 4.78 is 36.3. The van der Waals surface area contributed by atoms with Crippen LogP contribution in [-0.4, -0.2) is 36.1 Å². The Labute approximate surface area is 92.8 Å². The van der Waals surface area contributed by atoms with E-state index < -0.39 is 18.5 Å². The summed E-state index contributed by atoms with van der Waals surface area (Å²) in [5.41, 5.74) is 5.51. The van der Waals surface area contributed by atoms with Crippen molar-refractivity contribution in [1.82, 2.24) is 4.90 Å². The number of nitrogens with zero attached hydrogens (tertiary/aromatic N) is 1. The quantitative estimate of drug-likeness (QED) is 0.793. The van der Waals surface area contributed by atoms with Crippen LogP contribution in [-0.2, 0) is 4.79 Å². The lowest BCUT2D eigenvalue weighted by Gasteiger charge is -2.39. The first-order chi connectivity index (χ1) is 7.35. The van der Waals surface area contributed by atoms with Gasteiger partial charge in [-0.15, -0.1) is 0 Å².